The van der Waals surface area contributed by atoms with E-state index in [4.69, 9.17) is 5.84 Å². The van der Waals surface area contributed by atoms with Crippen LogP contribution in [0.5, 0.6) is 0 Å². The van der Waals surface area contributed by atoms with Crippen LogP contribution < -0.4 is 11.3 Å². The van der Waals surface area contributed by atoms with Gasteiger partial charge in [-0.1, -0.05) is 37.3 Å². The first kappa shape index (κ1) is 12.7. The number of rotatable bonds is 4. The SMILES string of the molecule is CCC(C(=NC(C)C)NN)c1ccccc1. The van der Waals surface area contributed by atoms with E-state index in [1.165, 1.54) is 5.56 Å². The molecule has 0 bridgehead atoms. The Hall–Kier alpha value is -1.35. The summed E-state index contributed by atoms with van der Waals surface area (Å²) in [6.45, 7) is 6.25. The highest BCUT2D eigenvalue weighted by Gasteiger charge is 2.15. The molecule has 16 heavy (non-hydrogen) atoms. The molecule has 0 fully saturated rings. The van der Waals surface area contributed by atoms with Crippen LogP contribution in [0.2, 0.25) is 0 Å². The second-order valence-electron chi connectivity index (χ2n) is 4.12. The molecule has 0 spiro atoms. The van der Waals surface area contributed by atoms with Crippen LogP contribution >= 0.6 is 0 Å². The number of nitrogens with zero attached hydrogens (tertiary/aromatic N) is 1. The molecule has 88 valence electrons. The normalized spacial score (nSPS) is 13.9. The van der Waals surface area contributed by atoms with Crippen LogP contribution in [-0.4, -0.2) is 11.9 Å². The third-order valence-corrected chi connectivity index (χ3v) is 2.49. The van der Waals surface area contributed by atoms with E-state index in [9.17, 15) is 0 Å². The van der Waals surface area contributed by atoms with E-state index < -0.39 is 0 Å². The van der Waals surface area contributed by atoms with Gasteiger partial charge in [-0.3, -0.25) is 4.99 Å². The van der Waals surface area contributed by atoms with Gasteiger partial charge in [0.25, 0.3) is 0 Å². The highest BCUT2D eigenvalue weighted by molar-refractivity contribution is 5.88. The summed E-state index contributed by atoms with van der Waals surface area (Å²) < 4.78 is 0. The molecule has 1 aromatic carbocycles. The van der Waals surface area contributed by atoms with Crippen molar-refractivity contribution in [1.29, 1.82) is 0 Å². The average Bonchev–Trinajstić information content (AvgIpc) is 2.29. The number of hydrogen-bond donors (Lipinski definition) is 2. The number of hydrazine groups is 1. The predicted octanol–water partition coefficient (Wildman–Crippen LogP) is 2.45. The Bertz CT molecular complexity index is 330. The van der Waals surface area contributed by atoms with Crippen molar-refractivity contribution in [3.8, 4) is 0 Å². The molecular formula is C13H21N3. The third kappa shape index (κ3) is 3.35. The van der Waals surface area contributed by atoms with E-state index in [1.54, 1.807) is 0 Å². The van der Waals surface area contributed by atoms with Gasteiger partial charge >= 0.3 is 0 Å². The van der Waals surface area contributed by atoms with Crippen molar-refractivity contribution in [2.75, 3.05) is 0 Å². The van der Waals surface area contributed by atoms with Gasteiger partial charge in [0.2, 0.25) is 0 Å². The van der Waals surface area contributed by atoms with Crippen LogP contribution in [0.1, 0.15) is 38.7 Å². The number of amidine groups is 1. The first-order valence-corrected chi connectivity index (χ1v) is 5.78. The van der Waals surface area contributed by atoms with Crippen LogP contribution in [0.4, 0.5) is 0 Å². The highest BCUT2D eigenvalue weighted by Crippen LogP contribution is 2.20. The minimum atomic E-state index is 0.254. The van der Waals surface area contributed by atoms with Gasteiger partial charge in [0, 0.05) is 12.0 Å². The summed E-state index contributed by atoms with van der Waals surface area (Å²) in [6, 6.07) is 10.6. The monoisotopic (exact) mass is 219 g/mol. The molecule has 3 nitrogen and oxygen atoms in total. The summed E-state index contributed by atoms with van der Waals surface area (Å²) in [5.41, 5.74) is 3.99. The van der Waals surface area contributed by atoms with Gasteiger partial charge in [0.1, 0.15) is 5.84 Å². The van der Waals surface area contributed by atoms with E-state index in [0.29, 0.717) is 0 Å². The molecule has 0 saturated heterocycles. The lowest BCUT2D eigenvalue weighted by molar-refractivity contribution is 0.752. The average molecular weight is 219 g/mol. The number of hydrogen-bond acceptors (Lipinski definition) is 2. The van der Waals surface area contributed by atoms with Crippen molar-refractivity contribution in [2.24, 2.45) is 10.8 Å². The first-order valence-electron chi connectivity index (χ1n) is 5.78. The fourth-order valence-electron chi connectivity index (χ4n) is 1.78. The Kier molecular flexibility index (Phi) is 4.99. The van der Waals surface area contributed by atoms with Gasteiger partial charge in [0.05, 0.1) is 0 Å². The molecule has 0 aromatic heterocycles. The Morgan fingerprint density at radius 1 is 1.31 bits per heavy atom. The molecule has 3 N–H and O–H groups in total. The lowest BCUT2D eigenvalue weighted by Gasteiger charge is -2.18. The van der Waals surface area contributed by atoms with Gasteiger partial charge in [-0.05, 0) is 25.8 Å². The summed E-state index contributed by atoms with van der Waals surface area (Å²) in [6.07, 6.45) is 0.986. The fraction of sp³-hybridized carbons (Fsp3) is 0.462. The third-order valence-electron chi connectivity index (χ3n) is 2.49. The maximum atomic E-state index is 5.55. The Labute approximate surface area is 97.7 Å². The minimum Gasteiger partial charge on any atom is -0.312 e. The van der Waals surface area contributed by atoms with E-state index in [2.05, 4.69) is 43.3 Å². The summed E-state index contributed by atoms with van der Waals surface area (Å²) in [4.78, 5) is 4.52. The van der Waals surface area contributed by atoms with Crippen LogP contribution in [0.15, 0.2) is 35.3 Å². The zero-order valence-electron chi connectivity index (χ0n) is 10.3. The van der Waals surface area contributed by atoms with Crippen molar-refractivity contribution in [2.45, 2.75) is 39.2 Å². The van der Waals surface area contributed by atoms with Gasteiger partial charge in [-0.25, -0.2) is 5.84 Å². The number of nitrogens with two attached hydrogens (primary N) is 1. The molecule has 1 atom stereocenters. The maximum absolute atomic E-state index is 5.55. The van der Waals surface area contributed by atoms with E-state index in [1.807, 2.05) is 18.2 Å². The summed E-state index contributed by atoms with van der Waals surface area (Å²) in [5, 5.41) is 0. The second kappa shape index (κ2) is 6.28. The van der Waals surface area contributed by atoms with E-state index >= 15 is 0 Å². The Morgan fingerprint density at radius 3 is 2.38 bits per heavy atom. The van der Waals surface area contributed by atoms with Crippen molar-refractivity contribution >= 4 is 5.84 Å². The van der Waals surface area contributed by atoms with Gasteiger partial charge in [-0.2, -0.15) is 0 Å². The molecule has 3 heteroatoms. The number of benzene rings is 1. The molecule has 0 amide bonds. The van der Waals surface area contributed by atoms with E-state index in [-0.39, 0.29) is 12.0 Å². The second-order valence-corrected chi connectivity index (χ2v) is 4.12. The van der Waals surface area contributed by atoms with Gasteiger partial charge < -0.3 is 5.43 Å². The topological polar surface area (TPSA) is 50.4 Å². The minimum absolute atomic E-state index is 0.254. The van der Waals surface area contributed by atoms with Crippen molar-refractivity contribution in [3.63, 3.8) is 0 Å². The molecule has 0 saturated carbocycles. The summed E-state index contributed by atoms with van der Waals surface area (Å²) >= 11 is 0. The molecule has 0 aliphatic heterocycles. The molecule has 1 rings (SSSR count). The van der Waals surface area contributed by atoms with Crippen molar-refractivity contribution in [3.05, 3.63) is 35.9 Å². The fourth-order valence-corrected chi connectivity index (χ4v) is 1.78. The highest BCUT2D eigenvalue weighted by atomic mass is 15.3. The smallest absolute Gasteiger partial charge is 0.118 e. The van der Waals surface area contributed by atoms with Crippen LogP contribution in [0.25, 0.3) is 0 Å². The quantitative estimate of drug-likeness (QED) is 0.354. The Morgan fingerprint density at radius 2 is 1.94 bits per heavy atom. The molecule has 0 aliphatic rings. The molecular weight excluding hydrogens is 198 g/mol. The van der Waals surface area contributed by atoms with Crippen LogP contribution in [0.3, 0.4) is 0 Å². The zero-order chi connectivity index (χ0) is 12.0. The molecule has 1 unspecified atom stereocenters. The lowest BCUT2D eigenvalue weighted by atomic mass is 9.95. The first-order chi connectivity index (χ1) is 7.69. The van der Waals surface area contributed by atoms with Gasteiger partial charge in [-0.15, -0.1) is 0 Å². The molecule has 1 aromatic rings. The molecule has 0 heterocycles. The summed E-state index contributed by atoms with van der Waals surface area (Å²) in [5.74, 6) is 6.68. The number of aliphatic imine (C=N–C) groups is 1. The van der Waals surface area contributed by atoms with Crippen molar-refractivity contribution in [1.82, 2.24) is 5.43 Å². The predicted molar refractivity (Wildman–Crippen MR) is 69.4 cm³/mol. The lowest BCUT2D eigenvalue weighted by Crippen LogP contribution is -2.35. The molecule has 0 aliphatic carbocycles. The van der Waals surface area contributed by atoms with E-state index in [0.717, 1.165) is 12.3 Å². The molecule has 0 radical (unpaired) electrons. The van der Waals surface area contributed by atoms with Gasteiger partial charge in [0.15, 0.2) is 0 Å². The Balaban J connectivity index is 2.97. The zero-order valence-corrected chi connectivity index (χ0v) is 10.3. The van der Waals surface area contributed by atoms with Crippen molar-refractivity contribution < 1.29 is 0 Å². The summed E-state index contributed by atoms with van der Waals surface area (Å²) in [7, 11) is 0. The largest absolute Gasteiger partial charge is 0.312 e. The van der Waals surface area contributed by atoms with Crippen LogP contribution in [-0.2, 0) is 0 Å². The standard InChI is InChI=1S/C13H21N3/c1-4-12(11-8-6-5-7-9-11)13(16-14)15-10(2)3/h5-10,12H,4,14H2,1-3H3,(H,15,16). The number of nitrogens with one attached hydrogen (secondary N) is 1. The van der Waals surface area contributed by atoms with Crippen LogP contribution in [0, 0.1) is 0 Å². The maximum Gasteiger partial charge on any atom is 0.118 e.